The topological polar surface area (TPSA) is 254 Å². The number of fused-ring (bicyclic) bond motifs is 1. The molecule has 4 aliphatic rings. The fraction of sp³-hybridized carbons (Fsp3) is 0.566. The van der Waals surface area contributed by atoms with Gasteiger partial charge >= 0.3 is 11.9 Å². The number of cyclic esters (lactones) is 2. The summed E-state index contributed by atoms with van der Waals surface area (Å²) in [6.07, 6.45) is 10.4. The molecule has 408 valence electrons. The van der Waals surface area contributed by atoms with Gasteiger partial charge in [-0.05, 0) is 62.5 Å². The highest BCUT2D eigenvalue weighted by Crippen LogP contribution is 2.31. The summed E-state index contributed by atoms with van der Waals surface area (Å²) in [5, 5.41) is 27.3. The first-order valence-electron chi connectivity index (χ1n) is 25.5. The van der Waals surface area contributed by atoms with Gasteiger partial charge in [-0.1, -0.05) is 70.0 Å². The number of alkyl halides is 2. The van der Waals surface area contributed by atoms with Gasteiger partial charge in [-0.2, -0.15) is 5.26 Å². The van der Waals surface area contributed by atoms with Crippen LogP contribution in [0.5, 0.6) is 0 Å². The average Bonchev–Trinajstić information content (AvgIpc) is 3.74. The summed E-state index contributed by atoms with van der Waals surface area (Å²) in [4.78, 5) is 83.8. The normalized spacial score (nSPS) is 19.6. The van der Waals surface area contributed by atoms with Crippen molar-refractivity contribution < 1.29 is 56.7 Å². The maximum Gasteiger partial charge on any atom is 0.361 e. The molecule has 1 aromatic heterocycles. The Balaban J connectivity index is 0.000000340. The van der Waals surface area contributed by atoms with Gasteiger partial charge in [0.2, 0.25) is 11.8 Å². The number of hydrogen-bond acceptors (Lipinski definition) is 15. The zero-order chi connectivity index (χ0) is 54.7. The van der Waals surface area contributed by atoms with E-state index in [-0.39, 0.29) is 23.9 Å². The molecule has 4 fully saturated rings. The smallest absolute Gasteiger partial charge is 0.361 e. The number of rotatable bonds is 14. The number of quaternary nitrogens is 1. The SMILES string of the molecule is CC.CCNCc1ccc(CC=O)cc1.CNC1CCCCC1NC(=O)CCC=O.CNc1cccc2c(C(=O)NCC(=O)N3CC(F)(F)CC3C#N)ccnc12.C[NH+]1CCCCOC(=O)C1.O=C1CNCCO1. The molecule has 7 rings (SSSR count). The Morgan fingerprint density at radius 1 is 0.946 bits per heavy atom. The molecule has 3 aromatic rings. The average molecular weight is 1040 g/mol. The molecule has 0 bridgehead atoms. The largest absolute Gasteiger partial charge is 0.463 e. The van der Waals surface area contributed by atoms with E-state index in [4.69, 9.17) is 10.00 Å². The quantitative estimate of drug-likeness (QED) is 0.0906. The first kappa shape index (κ1) is 63.6. The van der Waals surface area contributed by atoms with Crippen LogP contribution in [-0.2, 0) is 51.2 Å². The molecule has 19 nitrogen and oxygen atoms in total. The number of aromatic nitrogens is 1. The summed E-state index contributed by atoms with van der Waals surface area (Å²) in [5.74, 6) is -4.55. The molecular formula is C53H79F2N10O9+. The maximum absolute atomic E-state index is 13.5. The number of morpholine rings is 1. The van der Waals surface area contributed by atoms with Crippen LogP contribution in [0.25, 0.3) is 10.9 Å². The predicted molar refractivity (Wildman–Crippen MR) is 278 cm³/mol. The Hall–Kier alpha value is -6.47. The number of benzene rings is 2. The Bertz CT molecular complexity index is 2220. The molecule has 4 heterocycles. The minimum absolute atomic E-state index is 0.00532. The van der Waals surface area contributed by atoms with Gasteiger partial charge in [0.15, 0.2) is 6.54 Å². The van der Waals surface area contributed by atoms with Crippen molar-refractivity contribution in [3.05, 3.63) is 71.4 Å². The molecule has 3 amide bonds. The third-order valence-electron chi connectivity index (χ3n) is 11.8. The number of anilines is 1. The first-order valence-corrected chi connectivity index (χ1v) is 25.5. The lowest BCUT2D eigenvalue weighted by Crippen LogP contribution is -3.10. The molecule has 1 aliphatic carbocycles. The number of ether oxygens (including phenoxy) is 2. The molecule has 21 heteroatoms. The van der Waals surface area contributed by atoms with E-state index in [1.165, 1.54) is 42.0 Å². The van der Waals surface area contributed by atoms with Gasteiger partial charge in [0.25, 0.3) is 11.8 Å². The van der Waals surface area contributed by atoms with Gasteiger partial charge in [0, 0.05) is 69.5 Å². The molecule has 0 radical (unpaired) electrons. The van der Waals surface area contributed by atoms with Crippen LogP contribution in [0.4, 0.5) is 14.5 Å². The van der Waals surface area contributed by atoms with Crippen LogP contribution in [0, 0.1) is 11.3 Å². The first-order chi connectivity index (χ1) is 35.7. The van der Waals surface area contributed by atoms with Gasteiger partial charge < -0.3 is 60.8 Å². The fourth-order valence-electron chi connectivity index (χ4n) is 7.98. The number of pyridine rings is 1. The molecule has 7 N–H and O–H groups in total. The van der Waals surface area contributed by atoms with E-state index in [0.717, 1.165) is 74.2 Å². The maximum atomic E-state index is 13.5. The highest BCUT2D eigenvalue weighted by molar-refractivity contribution is 6.09. The zero-order valence-electron chi connectivity index (χ0n) is 44.0. The second-order valence-corrected chi connectivity index (χ2v) is 17.5. The van der Waals surface area contributed by atoms with Gasteiger partial charge in [0.05, 0.1) is 62.7 Å². The molecule has 1 saturated carbocycles. The molecule has 4 atom stereocenters. The van der Waals surface area contributed by atoms with Crippen molar-refractivity contribution in [2.45, 2.75) is 116 Å². The van der Waals surface area contributed by atoms with Crippen LogP contribution < -0.4 is 36.8 Å². The van der Waals surface area contributed by atoms with E-state index >= 15 is 0 Å². The molecule has 3 aliphatic heterocycles. The summed E-state index contributed by atoms with van der Waals surface area (Å²) in [6, 6.07) is 16.1. The van der Waals surface area contributed by atoms with Crippen LogP contribution in [-0.4, -0.2) is 156 Å². The number of likely N-dealkylation sites (N-methyl/N-ethyl adjacent to an activating group) is 2. The van der Waals surface area contributed by atoms with Crippen molar-refractivity contribution in [1.29, 1.82) is 5.26 Å². The number of para-hydroxylation sites is 1. The highest BCUT2D eigenvalue weighted by Gasteiger charge is 2.47. The van der Waals surface area contributed by atoms with E-state index in [0.29, 0.717) is 68.1 Å². The van der Waals surface area contributed by atoms with E-state index in [9.17, 15) is 42.3 Å². The number of nitrogens with one attached hydrogen (secondary N) is 7. The van der Waals surface area contributed by atoms with Crippen molar-refractivity contribution in [2.75, 3.05) is 85.5 Å². The predicted octanol–water partition coefficient (Wildman–Crippen LogP) is 2.91. The highest BCUT2D eigenvalue weighted by atomic mass is 19.3. The van der Waals surface area contributed by atoms with Crippen LogP contribution >= 0.6 is 0 Å². The van der Waals surface area contributed by atoms with Gasteiger partial charge in [-0.3, -0.25) is 24.2 Å². The molecule has 4 unspecified atom stereocenters. The van der Waals surface area contributed by atoms with Gasteiger partial charge in [0.1, 0.15) is 25.2 Å². The third-order valence-corrected chi connectivity index (χ3v) is 11.8. The summed E-state index contributed by atoms with van der Waals surface area (Å²) < 4.78 is 36.4. The number of amides is 3. The Morgan fingerprint density at radius 2 is 1.65 bits per heavy atom. The number of hydrogen-bond donors (Lipinski definition) is 7. The molecule has 3 saturated heterocycles. The second-order valence-electron chi connectivity index (χ2n) is 17.5. The van der Waals surface area contributed by atoms with E-state index in [1.807, 2.05) is 46.1 Å². The van der Waals surface area contributed by atoms with Crippen molar-refractivity contribution in [3.8, 4) is 6.07 Å². The van der Waals surface area contributed by atoms with Crippen molar-refractivity contribution in [2.24, 2.45) is 0 Å². The Morgan fingerprint density at radius 3 is 2.26 bits per heavy atom. The van der Waals surface area contributed by atoms with Crippen LogP contribution in [0.15, 0.2) is 54.7 Å². The molecule has 74 heavy (non-hydrogen) atoms. The second kappa shape index (κ2) is 36.5. The van der Waals surface area contributed by atoms with Gasteiger partial charge in [-0.15, -0.1) is 0 Å². The van der Waals surface area contributed by atoms with Crippen molar-refractivity contribution in [1.82, 2.24) is 36.5 Å². The number of aldehydes is 2. The summed E-state index contributed by atoms with van der Waals surface area (Å²) in [7, 11) is 5.69. The monoisotopic (exact) mass is 1040 g/mol. The summed E-state index contributed by atoms with van der Waals surface area (Å²) >= 11 is 0. The van der Waals surface area contributed by atoms with Crippen LogP contribution in [0.3, 0.4) is 0 Å². The third kappa shape index (κ3) is 24.0. The van der Waals surface area contributed by atoms with Crippen LogP contribution in [0.2, 0.25) is 0 Å². The van der Waals surface area contributed by atoms with E-state index in [2.05, 4.69) is 60.7 Å². The lowest BCUT2D eigenvalue weighted by atomic mass is 9.90. The zero-order valence-corrected chi connectivity index (χ0v) is 44.0. The standard InChI is InChI=1S/C18H17F2N5O2.C11H20N2O2.C11H15NO.C7H13NO2.C4H7NO2.C2H6/c1-22-14-4-2-3-12-13(5-6-23-16(12)14)17(27)24-9-15(26)25-10-18(19,20)7-11(25)8-21;1-12-9-5-2-3-6-10(9)13-11(15)7-4-8-14;1-2-12-9-11-5-3-10(4-6-11)7-8-13;1-8-4-2-3-5-10-7(9)6-8;6-4-3-5-1-2-7-4;1-2/h2-6,11,22H,7,9-10H2,1H3,(H,24,27);8-10,12H,2-7H2,1H3,(H,13,15);3-6,8,12H,2,7,9H2,1H3;2-6H2,1H3;5H,1-3H2;1-2H3/p+1. The number of carbonyl (C=O) groups excluding carboxylic acids is 7. The molecule has 0 spiro atoms. The minimum atomic E-state index is -3.09. The molecule has 2 aromatic carbocycles. The van der Waals surface area contributed by atoms with E-state index in [1.54, 1.807) is 25.2 Å². The Kier molecular flexibility index (Phi) is 31.4. The lowest BCUT2D eigenvalue weighted by Gasteiger charge is -2.31. The lowest BCUT2D eigenvalue weighted by molar-refractivity contribution is -0.872. The number of nitrogens with zero attached hydrogens (tertiary/aromatic N) is 3. The number of carbonyl (C=O) groups is 7. The number of nitriles is 1. The van der Waals surface area contributed by atoms with Gasteiger partial charge in [-0.25, -0.2) is 13.6 Å². The van der Waals surface area contributed by atoms with Crippen molar-refractivity contribution in [3.63, 3.8) is 0 Å². The Labute approximate surface area is 434 Å². The molecular weight excluding hydrogens is 959 g/mol. The van der Waals surface area contributed by atoms with Crippen molar-refractivity contribution >= 4 is 58.8 Å². The van der Waals surface area contributed by atoms with E-state index < -0.39 is 43.3 Å². The minimum Gasteiger partial charge on any atom is -0.463 e. The summed E-state index contributed by atoms with van der Waals surface area (Å²) in [5.41, 5.74) is 4.00. The summed E-state index contributed by atoms with van der Waals surface area (Å²) in [6.45, 7) is 10.6. The van der Waals surface area contributed by atoms with Crippen LogP contribution in [0.1, 0.15) is 100 Å². The number of likely N-dealkylation sites (tertiary alicyclic amines) is 1. The number of halogens is 2. The number of esters is 2. The fourth-order valence-corrected chi connectivity index (χ4v) is 7.98.